The number of hydrogen-bond acceptors (Lipinski definition) is 5. The number of amides is 1. The third-order valence-corrected chi connectivity index (χ3v) is 5.71. The molecule has 3 rings (SSSR count). The minimum absolute atomic E-state index is 0.0222. The van der Waals surface area contributed by atoms with E-state index >= 15 is 0 Å². The molecule has 0 bridgehead atoms. The van der Waals surface area contributed by atoms with E-state index < -0.39 is 0 Å². The Labute approximate surface area is 145 Å². The summed E-state index contributed by atoms with van der Waals surface area (Å²) in [6, 6.07) is 0. The molecule has 0 saturated carbocycles. The van der Waals surface area contributed by atoms with E-state index in [0.717, 1.165) is 37.9 Å². The van der Waals surface area contributed by atoms with Crippen LogP contribution in [0.1, 0.15) is 41.4 Å². The zero-order chi connectivity index (χ0) is 17.1. The molecule has 1 saturated heterocycles. The molecule has 2 aromatic heterocycles. The van der Waals surface area contributed by atoms with E-state index in [1.807, 2.05) is 11.8 Å². The zero-order valence-electron chi connectivity index (χ0n) is 14.3. The van der Waals surface area contributed by atoms with Gasteiger partial charge in [0.05, 0.1) is 16.6 Å². The number of aromatic nitrogens is 2. The van der Waals surface area contributed by atoms with Gasteiger partial charge in [-0.1, -0.05) is 19.8 Å². The fourth-order valence-corrected chi connectivity index (χ4v) is 4.17. The van der Waals surface area contributed by atoms with Crippen molar-refractivity contribution < 1.29 is 4.79 Å². The number of aryl methyl sites for hydroxylation is 2. The van der Waals surface area contributed by atoms with Crippen molar-refractivity contribution >= 4 is 27.5 Å². The van der Waals surface area contributed by atoms with E-state index in [1.54, 1.807) is 10.9 Å². The van der Waals surface area contributed by atoms with Crippen molar-refractivity contribution in [3.63, 3.8) is 0 Å². The Bertz CT molecular complexity index is 790. The molecule has 0 aromatic carbocycles. The number of thiophene rings is 1. The SMILES string of the molecule is CCCCCn1cnc2sc(C(=O)N3CCNCC3)c(C)c2c1=O. The molecule has 130 valence electrons. The number of piperazine rings is 1. The number of carbonyl (C=O) groups excluding carboxylic acids is 1. The van der Waals surface area contributed by atoms with Crippen LogP contribution >= 0.6 is 11.3 Å². The van der Waals surface area contributed by atoms with Crippen molar-refractivity contribution in [2.24, 2.45) is 0 Å². The van der Waals surface area contributed by atoms with Crippen molar-refractivity contribution in [2.75, 3.05) is 26.2 Å². The molecule has 0 radical (unpaired) electrons. The second-order valence-electron chi connectivity index (χ2n) is 6.23. The van der Waals surface area contributed by atoms with Crippen LogP contribution in [0.2, 0.25) is 0 Å². The lowest BCUT2D eigenvalue weighted by Crippen LogP contribution is -2.46. The standard InChI is InChI=1S/C17H24N4O2S/c1-3-4-5-8-21-11-19-15-13(16(21)22)12(2)14(24-15)17(23)20-9-6-18-7-10-20/h11,18H,3-10H2,1-2H3. The smallest absolute Gasteiger partial charge is 0.264 e. The van der Waals surface area contributed by atoms with Gasteiger partial charge in [-0.2, -0.15) is 0 Å². The van der Waals surface area contributed by atoms with Gasteiger partial charge in [-0.05, 0) is 18.9 Å². The number of unbranched alkanes of at least 4 members (excludes halogenated alkanes) is 2. The van der Waals surface area contributed by atoms with Gasteiger partial charge in [0, 0.05) is 32.7 Å². The van der Waals surface area contributed by atoms with Crippen LogP contribution in [0.3, 0.4) is 0 Å². The zero-order valence-corrected chi connectivity index (χ0v) is 15.1. The maximum absolute atomic E-state index is 12.8. The van der Waals surface area contributed by atoms with Crippen LogP contribution in [0.5, 0.6) is 0 Å². The normalized spacial score (nSPS) is 15.2. The van der Waals surface area contributed by atoms with Gasteiger partial charge in [0.2, 0.25) is 0 Å². The number of nitrogens with zero attached hydrogens (tertiary/aromatic N) is 3. The quantitative estimate of drug-likeness (QED) is 0.839. The Balaban J connectivity index is 1.93. The van der Waals surface area contributed by atoms with Crippen molar-refractivity contribution in [3.05, 3.63) is 27.1 Å². The van der Waals surface area contributed by atoms with Crippen LogP contribution in [0.4, 0.5) is 0 Å². The molecule has 3 heterocycles. The molecule has 2 aromatic rings. The monoisotopic (exact) mass is 348 g/mol. The van der Waals surface area contributed by atoms with Crippen molar-refractivity contribution in [3.8, 4) is 0 Å². The lowest BCUT2D eigenvalue weighted by atomic mass is 10.2. The van der Waals surface area contributed by atoms with Gasteiger partial charge in [-0.15, -0.1) is 11.3 Å². The number of nitrogens with one attached hydrogen (secondary N) is 1. The highest BCUT2D eigenvalue weighted by Crippen LogP contribution is 2.28. The van der Waals surface area contributed by atoms with E-state index in [2.05, 4.69) is 17.2 Å². The van der Waals surface area contributed by atoms with Gasteiger partial charge < -0.3 is 10.2 Å². The molecule has 24 heavy (non-hydrogen) atoms. The molecule has 1 fully saturated rings. The summed E-state index contributed by atoms with van der Waals surface area (Å²) in [6.07, 6.45) is 4.81. The molecular formula is C17H24N4O2S. The summed E-state index contributed by atoms with van der Waals surface area (Å²) in [5.41, 5.74) is 0.755. The van der Waals surface area contributed by atoms with Crippen LogP contribution in [0, 0.1) is 6.92 Å². The molecule has 1 N–H and O–H groups in total. The van der Waals surface area contributed by atoms with Crippen LogP contribution < -0.4 is 10.9 Å². The Morgan fingerprint density at radius 1 is 1.33 bits per heavy atom. The first-order chi connectivity index (χ1) is 11.6. The highest BCUT2D eigenvalue weighted by Gasteiger charge is 2.24. The van der Waals surface area contributed by atoms with Crippen LogP contribution in [0.15, 0.2) is 11.1 Å². The number of rotatable bonds is 5. The highest BCUT2D eigenvalue weighted by atomic mass is 32.1. The van der Waals surface area contributed by atoms with E-state index in [1.165, 1.54) is 11.3 Å². The first-order valence-electron chi connectivity index (χ1n) is 8.62. The lowest BCUT2D eigenvalue weighted by Gasteiger charge is -2.27. The molecule has 1 aliphatic heterocycles. The summed E-state index contributed by atoms with van der Waals surface area (Å²) in [5.74, 6) is 0.0222. The fourth-order valence-electron chi connectivity index (χ4n) is 3.07. The maximum atomic E-state index is 12.8. The molecule has 1 amide bonds. The van der Waals surface area contributed by atoms with Gasteiger partial charge in [-0.3, -0.25) is 14.2 Å². The highest BCUT2D eigenvalue weighted by molar-refractivity contribution is 7.20. The summed E-state index contributed by atoms with van der Waals surface area (Å²) in [6.45, 7) is 7.75. The molecular weight excluding hydrogens is 324 g/mol. The average molecular weight is 348 g/mol. The second-order valence-corrected chi connectivity index (χ2v) is 7.23. The Morgan fingerprint density at radius 3 is 2.79 bits per heavy atom. The molecule has 1 aliphatic rings. The van der Waals surface area contributed by atoms with Gasteiger partial charge in [-0.25, -0.2) is 4.98 Å². The third-order valence-electron chi connectivity index (χ3n) is 4.52. The molecule has 0 spiro atoms. The summed E-state index contributed by atoms with van der Waals surface area (Å²) >= 11 is 1.34. The predicted octanol–water partition coefficient (Wildman–Crippen LogP) is 2.00. The first-order valence-corrected chi connectivity index (χ1v) is 9.43. The van der Waals surface area contributed by atoms with Gasteiger partial charge >= 0.3 is 0 Å². The minimum atomic E-state index is -0.0239. The molecule has 7 heteroatoms. The lowest BCUT2D eigenvalue weighted by molar-refractivity contribution is 0.0740. The van der Waals surface area contributed by atoms with Crippen molar-refractivity contribution in [1.29, 1.82) is 0 Å². The van der Waals surface area contributed by atoms with Crippen molar-refractivity contribution in [2.45, 2.75) is 39.7 Å². The summed E-state index contributed by atoms with van der Waals surface area (Å²) < 4.78 is 1.68. The number of hydrogen-bond donors (Lipinski definition) is 1. The average Bonchev–Trinajstić information content (AvgIpc) is 2.94. The Kier molecular flexibility index (Phi) is 5.30. The summed E-state index contributed by atoms with van der Waals surface area (Å²) in [7, 11) is 0. The molecule has 6 nitrogen and oxygen atoms in total. The number of carbonyl (C=O) groups is 1. The van der Waals surface area contributed by atoms with Crippen molar-refractivity contribution in [1.82, 2.24) is 19.8 Å². The fraction of sp³-hybridized carbons (Fsp3) is 0.588. The number of fused-ring (bicyclic) bond motifs is 1. The first kappa shape index (κ1) is 17.1. The van der Waals surface area contributed by atoms with E-state index in [4.69, 9.17) is 0 Å². The second kappa shape index (κ2) is 7.44. The molecule has 0 aliphatic carbocycles. The van der Waals surface area contributed by atoms with E-state index in [0.29, 0.717) is 34.7 Å². The Morgan fingerprint density at radius 2 is 2.08 bits per heavy atom. The predicted molar refractivity (Wildman–Crippen MR) is 96.9 cm³/mol. The van der Waals surface area contributed by atoms with E-state index in [9.17, 15) is 9.59 Å². The third kappa shape index (κ3) is 3.23. The van der Waals surface area contributed by atoms with Crippen LogP contribution in [0.25, 0.3) is 10.2 Å². The van der Waals surface area contributed by atoms with Gasteiger partial charge in [0.25, 0.3) is 11.5 Å². The van der Waals surface area contributed by atoms with Gasteiger partial charge in [0.15, 0.2) is 0 Å². The topological polar surface area (TPSA) is 67.2 Å². The Hall–Kier alpha value is -1.73. The molecule has 0 atom stereocenters. The van der Waals surface area contributed by atoms with Crippen LogP contribution in [-0.4, -0.2) is 46.5 Å². The maximum Gasteiger partial charge on any atom is 0.264 e. The largest absolute Gasteiger partial charge is 0.335 e. The van der Waals surface area contributed by atoms with Crippen LogP contribution in [-0.2, 0) is 6.54 Å². The minimum Gasteiger partial charge on any atom is -0.335 e. The summed E-state index contributed by atoms with van der Waals surface area (Å²) in [4.78, 5) is 33.1. The van der Waals surface area contributed by atoms with Gasteiger partial charge in [0.1, 0.15) is 4.83 Å². The molecule has 0 unspecified atom stereocenters. The summed E-state index contributed by atoms with van der Waals surface area (Å²) in [5, 5.41) is 3.86. The van der Waals surface area contributed by atoms with E-state index in [-0.39, 0.29) is 11.5 Å².